The number of anilines is 2. The lowest BCUT2D eigenvalue weighted by atomic mass is 10.2. The summed E-state index contributed by atoms with van der Waals surface area (Å²) in [6.07, 6.45) is 0. The second-order valence-corrected chi connectivity index (χ2v) is 5.14. The van der Waals surface area contributed by atoms with E-state index in [1.54, 1.807) is 0 Å². The van der Waals surface area contributed by atoms with Crippen LogP contribution < -0.4 is 22.5 Å². The molecule has 0 aliphatic carbocycles. The molecular weight excluding hydrogens is 276 g/mol. The summed E-state index contributed by atoms with van der Waals surface area (Å²) in [5, 5.41) is 3.51. The normalized spacial score (nSPS) is 10.2. The third-order valence-corrected chi connectivity index (χ3v) is 3.89. The molecule has 1 heterocycles. The van der Waals surface area contributed by atoms with Crippen LogP contribution in [0.15, 0.2) is 30.3 Å². The van der Waals surface area contributed by atoms with Gasteiger partial charge in [-0.2, -0.15) is 0 Å². The Morgan fingerprint density at radius 3 is 2.30 bits per heavy atom. The zero-order chi connectivity index (χ0) is 14.7. The number of nitrogens with one attached hydrogen (secondary N) is 1. The number of primary amides is 2. The molecule has 0 radical (unpaired) electrons. The largest absolute Gasteiger partial charge is 0.397 e. The molecule has 0 saturated heterocycles. The third-order valence-electron chi connectivity index (χ3n) is 2.71. The minimum absolute atomic E-state index is 0.0329. The molecule has 0 bridgehead atoms. The van der Waals surface area contributed by atoms with Gasteiger partial charge in [-0.05, 0) is 5.56 Å². The van der Waals surface area contributed by atoms with Crippen LogP contribution in [0.5, 0.6) is 0 Å². The minimum Gasteiger partial charge on any atom is -0.397 e. The van der Waals surface area contributed by atoms with E-state index in [1.807, 2.05) is 30.3 Å². The van der Waals surface area contributed by atoms with Crippen molar-refractivity contribution in [1.82, 2.24) is 0 Å². The highest BCUT2D eigenvalue weighted by Gasteiger charge is 2.22. The van der Waals surface area contributed by atoms with Gasteiger partial charge in [-0.25, -0.2) is 0 Å². The first-order chi connectivity index (χ1) is 9.50. The highest BCUT2D eigenvalue weighted by atomic mass is 32.1. The van der Waals surface area contributed by atoms with E-state index in [1.165, 1.54) is 0 Å². The van der Waals surface area contributed by atoms with Crippen molar-refractivity contribution in [3.8, 4) is 0 Å². The molecule has 1 aromatic carbocycles. The number of hydrogen-bond donors (Lipinski definition) is 4. The number of carbonyl (C=O) groups excluding carboxylic acids is 2. The number of benzene rings is 1. The molecule has 2 aromatic rings. The van der Waals surface area contributed by atoms with Crippen molar-refractivity contribution < 1.29 is 9.59 Å². The fourth-order valence-electron chi connectivity index (χ4n) is 1.77. The van der Waals surface area contributed by atoms with Gasteiger partial charge in [0, 0.05) is 6.54 Å². The standard InChI is InChI=1S/C13H14N4O2S/c14-9-8(11(15)18)13(20-10(9)12(16)19)17-6-7-4-2-1-3-5-7/h1-5,17H,6,14H2,(H2,15,18)(H2,16,19). The Bertz CT molecular complexity index is 652. The lowest BCUT2D eigenvalue weighted by Gasteiger charge is -2.05. The molecule has 6 nitrogen and oxygen atoms in total. The first-order valence-electron chi connectivity index (χ1n) is 5.80. The van der Waals surface area contributed by atoms with Crippen LogP contribution in [0.1, 0.15) is 25.6 Å². The van der Waals surface area contributed by atoms with Gasteiger partial charge < -0.3 is 22.5 Å². The quantitative estimate of drug-likeness (QED) is 0.659. The molecule has 0 spiro atoms. The molecular formula is C13H14N4O2S. The highest BCUT2D eigenvalue weighted by Crippen LogP contribution is 2.35. The zero-order valence-electron chi connectivity index (χ0n) is 10.6. The van der Waals surface area contributed by atoms with Gasteiger partial charge in [-0.15, -0.1) is 11.3 Å². The van der Waals surface area contributed by atoms with Crippen molar-refractivity contribution in [2.75, 3.05) is 11.1 Å². The van der Waals surface area contributed by atoms with E-state index in [4.69, 9.17) is 17.2 Å². The molecule has 0 fully saturated rings. The molecule has 0 aliphatic rings. The average Bonchev–Trinajstić information content (AvgIpc) is 2.75. The number of carbonyl (C=O) groups is 2. The predicted molar refractivity (Wildman–Crippen MR) is 79.5 cm³/mol. The van der Waals surface area contributed by atoms with Gasteiger partial charge >= 0.3 is 0 Å². The van der Waals surface area contributed by atoms with Crippen molar-refractivity contribution in [3.63, 3.8) is 0 Å². The minimum atomic E-state index is -0.693. The van der Waals surface area contributed by atoms with Gasteiger partial charge in [0.1, 0.15) is 9.88 Å². The maximum Gasteiger partial charge on any atom is 0.260 e. The van der Waals surface area contributed by atoms with Crippen molar-refractivity contribution in [3.05, 3.63) is 46.3 Å². The van der Waals surface area contributed by atoms with Gasteiger partial charge in [0.2, 0.25) is 0 Å². The van der Waals surface area contributed by atoms with Gasteiger partial charge in [-0.3, -0.25) is 9.59 Å². The van der Waals surface area contributed by atoms with Crippen molar-refractivity contribution in [1.29, 1.82) is 0 Å². The molecule has 7 heteroatoms. The summed E-state index contributed by atoms with van der Waals surface area (Å²) in [7, 11) is 0. The summed E-state index contributed by atoms with van der Waals surface area (Å²) in [5.41, 5.74) is 17.4. The molecule has 2 rings (SSSR count). The Morgan fingerprint density at radius 1 is 1.10 bits per heavy atom. The van der Waals surface area contributed by atoms with E-state index in [0.29, 0.717) is 11.5 Å². The van der Waals surface area contributed by atoms with E-state index >= 15 is 0 Å². The van der Waals surface area contributed by atoms with Crippen LogP contribution in [0.4, 0.5) is 10.7 Å². The Morgan fingerprint density at radius 2 is 1.75 bits per heavy atom. The van der Waals surface area contributed by atoms with Crippen LogP contribution in [0.3, 0.4) is 0 Å². The molecule has 0 unspecified atom stereocenters. The van der Waals surface area contributed by atoms with Crippen LogP contribution in [-0.4, -0.2) is 11.8 Å². The van der Waals surface area contributed by atoms with E-state index in [0.717, 1.165) is 16.9 Å². The van der Waals surface area contributed by atoms with Crippen LogP contribution in [0.25, 0.3) is 0 Å². The van der Waals surface area contributed by atoms with E-state index < -0.39 is 11.8 Å². The van der Waals surface area contributed by atoms with Crippen LogP contribution >= 0.6 is 11.3 Å². The Balaban J connectivity index is 2.29. The molecule has 2 amide bonds. The summed E-state index contributed by atoms with van der Waals surface area (Å²) in [6, 6.07) is 9.59. The SMILES string of the molecule is NC(=O)c1sc(NCc2ccccc2)c(C(N)=O)c1N. The van der Waals surface area contributed by atoms with E-state index in [9.17, 15) is 9.59 Å². The molecule has 20 heavy (non-hydrogen) atoms. The maximum absolute atomic E-state index is 11.4. The summed E-state index contributed by atoms with van der Waals surface area (Å²) in [5.74, 6) is -1.37. The van der Waals surface area contributed by atoms with E-state index in [2.05, 4.69) is 5.32 Å². The Hall–Kier alpha value is -2.54. The number of nitrogens with two attached hydrogens (primary N) is 3. The second-order valence-electron chi connectivity index (χ2n) is 4.12. The number of rotatable bonds is 5. The Labute approximate surface area is 119 Å². The number of hydrogen-bond acceptors (Lipinski definition) is 5. The average molecular weight is 290 g/mol. The molecule has 0 atom stereocenters. The lowest BCUT2D eigenvalue weighted by molar-refractivity contribution is 0.0999. The first-order valence-corrected chi connectivity index (χ1v) is 6.62. The van der Waals surface area contributed by atoms with Gasteiger partial charge in [0.05, 0.1) is 11.3 Å². The summed E-state index contributed by atoms with van der Waals surface area (Å²) < 4.78 is 0. The second kappa shape index (κ2) is 5.62. The number of thiophene rings is 1. The van der Waals surface area contributed by atoms with Gasteiger partial charge in [0.25, 0.3) is 11.8 Å². The smallest absolute Gasteiger partial charge is 0.260 e. The molecule has 1 aromatic heterocycles. The first kappa shape index (κ1) is 13.9. The summed E-state index contributed by atoms with van der Waals surface area (Å²) in [4.78, 5) is 22.8. The van der Waals surface area contributed by atoms with Crippen molar-refractivity contribution >= 4 is 33.8 Å². The third kappa shape index (κ3) is 2.72. The zero-order valence-corrected chi connectivity index (χ0v) is 11.4. The van der Waals surface area contributed by atoms with Crippen LogP contribution in [0.2, 0.25) is 0 Å². The van der Waals surface area contributed by atoms with Crippen LogP contribution in [-0.2, 0) is 6.54 Å². The number of amides is 2. The molecule has 0 saturated carbocycles. The highest BCUT2D eigenvalue weighted by molar-refractivity contribution is 7.19. The van der Waals surface area contributed by atoms with Crippen molar-refractivity contribution in [2.45, 2.75) is 6.54 Å². The number of nitrogen functional groups attached to an aromatic ring is 1. The summed E-state index contributed by atoms with van der Waals surface area (Å²) >= 11 is 1.03. The van der Waals surface area contributed by atoms with Crippen molar-refractivity contribution in [2.24, 2.45) is 11.5 Å². The Kier molecular flexibility index (Phi) is 3.90. The fraction of sp³-hybridized carbons (Fsp3) is 0.0769. The topological polar surface area (TPSA) is 124 Å². The van der Waals surface area contributed by atoms with Crippen LogP contribution in [0, 0.1) is 0 Å². The monoisotopic (exact) mass is 290 g/mol. The maximum atomic E-state index is 11.4. The predicted octanol–water partition coefficient (Wildman–Crippen LogP) is 1.14. The van der Waals surface area contributed by atoms with Gasteiger partial charge in [0.15, 0.2) is 0 Å². The van der Waals surface area contributed by atoms with Gasteiger partial charge in [-0.1, -0.05) is 30.3 Å². The molecule has 0 aliphatic heterocycles. The van der Waals surface area contributed by atoms with E-state index in [-0.39, 0.29) is 16.1 Å². The fourth-order valence-corrected chi connectivity index (χ4v) is 2.75. The summed E-state index contributed by atoms with van der Waals surface area (Å²) in [6.45, 7) is 0.485. The lowest BCUT2D eigenvalue weighted by Crippen LogP contribution is -2.16. The molecule has 7 N–H and O–H groups in total. The molecule has 104 valence electrons.